The molecule has 0 saturated heterocycles. The van der Waals surface area contributed by atoms with Crippen LogP contribution >= 0.6 is 0 Å². The summed E-state index contributed by atoms with van der Waals surface area (Å²) in [4.78, 5) is 11.7. The maximum absolute atomic E-state index is 11.7. The Morgan fingerprint density at radius 1 is 1.14 bits per heavy atom. The van der Waals surface area contributed by atoms with Crippen molar-refractivity contribution in [1.29, 1.82) is 0 Å². The van der Waals surface area contributed by atoms with Gasteiger partial charge in [-0.3, -0.25) is 5.32 Å². The van der Waals surface area contributed by atoms with E-state index in [0.29, 0.717) is 6.42 Å². The third kappa shape index (κ3) is 2.70. The van der Waals surface area contributed by atoms with Crippen molar-refractivity contribution >= 4 is 6.09 Å². The lowest BCUT2D eigenvalue weighted by molar-refractivity contribution is 0.0952. The molecule has 22 heavy (non-hydrogen) atoms. The topological polar surface area (TPSA) is 58.6 Å². The van der Waals surface area contributed by atoms with Gasteiger partial charge in [-0.2, -0.15) is 0 Å². The highest BCUT2D eigenvalue weighted by molar-refractivity contribution is 5.79. The average Bonchev–Trinajstić information content (AvgIpc) is 2.87. The minimum Gasteiger partial charge on any atom is -0.448 e. The zero-order valence-electron chi connectivity index (χ0n) is 12.5. The molecule has 3 rings (SSSR count). The summed E-state index contributed by atoms with van der Waals surface area (Å²) in [5, 5.41) is 11.8. The minimum absolute atomic E-state index is 0.0388. The van der Waals surface area contributed by atoms with Crippen molar-refractivity contribution in [2.75, 3.05) is 6.61 Å². The van der Waals surface area contributed by atoms with Gasteiger partial charge in [0, 0.05) is 5.92 Å². The van der Waals surface area contributed by atoms with Crippen LogP contribution < -0.4 is 5.32 Å². The van der Waals surface area contributed by atoms with Crippen LogP contribution in [0.2, 0.25) is 0 Å². The molecule has 0 aliphatic heterocycles. The monoisotopic (exact) mass is 297 g/mol. The van der Waals surface area contributed by atoms with E-state index in [2.05, 4.69) is 29.6 Å². The predicted molar refractivity (Wildman–Crippen MR) is 84.5 cm³/mol. The first-order valence-electron chi connectivity index (χ1n) is 7.50. The SMILES string of the molecule is CCC(O)NC(=O)OCC1c2ccccc2-c2ccccc21. The van der Waals surface area contributed by atoms with E-state index < -0.39 is 12.3 Å². The maximum Gasteiger partial charge on any atom is 0.409 e. The molecule has 1 unspecified atom stereocenters. The van der Waals surface area contributed by atoms with Gasteiger partial charge in [-0.15, -0.1) is 0 Å². The van der Waals surface area contributed by atoms with E-state index in [9.17, 15) is 9.90 Å². The largest absolute Gasteiger partial charge is 0.448 e. The zero-order valence-corrected chi connectivity index (χ0v) is 12.5. The molecule has 0 spiro atoms. The molecule has 4 heteroatoms. The number of aliphatic hydroxyl groups is 1. The van der Waals surface area contributed by atoms with Crippen molar-refractivity contribution in [3.63, 3.8) is 0 Å². The van der Waals surface area contributed by atoms with Crippen molar-refractivity contribution in [2.24, 2.45) is 0 Å². The number of hydrogen-bond donors (Lipinski definition) is 2. The number of nitrogens with one attached hydrogen (secondary N) is 1. The highest BCUT2D eigenvalue weighted by Crippen LogP contribution is 2.44. The van der Waals surface area contributed by atoms with Crippen LogP contribution in [0, 0.1) is 0 Å². The quantitative estimate of drug-likeness (QED) is 0.852. The van der Waals surface area contributed by atoms with E-state index in [0.717, 1.165) is 0 Å². The highest BCUT2D eigenvalue weighted by atomic mass is 16.6. The van der Waals surface area contributed by atoms with Crippen LogP contribution in [0.5, 0.6) is 0 Å². The molecule has 1 aliphatic rings. The lowest BCUT2D eigenvalue weighted by atomic mass is 9.98. The number of carbonyl (C=O) groups excluding carboxylic acids is 1. The number of rotatable bonds is 4. The van der Waals surface area contributed by atoms with Gasteiger partial charge in [0.05, 0.1) is 0 Å². The Balaban J connectivity index is 1.78. The number of alkyl carbamates (subject to hydrolysis) is 1. The lowest BCUT2D eigenvalue weighted by Crippen LogP contribution is -2.35. The number of fused-ring (bicyclic) bond motifs is 3. The van der Waals surface area contributed by atoms with Gasteiger partial charge in [-0.1, -0.05) is 55.5 Å². The Morgan fingerprint density at radius 3 is 2.23 bits per heavy atom. The van der Waals surface area contributed by atoms with E-state index in [1.807, 2.05) is 24.3 Å². The minimum atomic E-state index is -0.865. The number of ether oxygens (including phenoxy) is 1. The normalized spacial score (nSPS) is 14.1. The molecule has 114 valence electrons. The van der Waals surface area contributed by atoms with E-state index in [1.54, 1.807) is 6.92 Å². The molecule has 2 aromatic carbocycles. The third-order valence-corrected chi connectivity index (χ3v) is 4.01. The van der Waals surface area contributed by atoms with Gasteiger partial charge in [0.1, 0.15) is 12.8 Å². The van der Waals surface area contributed by atoms with Crippen molar-refractivity contribution in [3.8, 4) is 11.1 Å². The molecule has 0 radical (unpaired) electrons. The van der Waals surface area contributed by atoms with Crippen molar-refractivity contribution in [2.45, 2.75) is 25.5 Å². The summed E-state index contributed by atoms with van der Waals surface area (Å²) < 4.78 is 5.30. The fraction of sp³-hybridized carbons (Fsp3) is 0.278. The standard InChI is InChI=1S/C18H19NO3/c1-2-17(20)19-18(21)22-11-16-14-9-5-3-7-12(14)13-8-4-6-10-15(13)16/h3-10,16-17,20H,2,11H2,1H3,(H,19,21). The number of carbonyl (C=O) groups is 1. The zero-order chi connectivity index (χ0) is 15.5. The van der Waals surface area contributed by atoms with Crippen molar-refractivity contribution in [3.05, 3.63) is 59.7 Å². The molecule has 1 atom stereocenters. The summed E-state index contributed by atoms with van der Waals surface area (Å²) >= 11 is 0. The Bertz CT molecular complexity index is 638. The number of hydrogen-bond acceptors (Lipinski definition) is 3. The molecule has 2 N–H and O–H groups in total. The van der Waals surface area contributed by atoms with E-state index >= 15 is 0 Å². The molecule has 2 aromatic rings. The summed E-state index contributed by atoms with van der Waals surface area (Å²) in [6.07, 6.45) is -1.00. The summed E-state index contributed by atoms with van der Waals surface area (Å²) in [6, 6.07) is 16.4. The van der Waals surface area contributed by atoms with Crippen LogP contribution in [-0.4, -0.2) is 24.0 Å². The molecule has 1 amide bonds. The summed E-state index contributed by atoms with van der Waals surface area (Å²) in [5.41, 5.74) is 4.74. The van der Waals surface area contributed by atoms with Crippen LogP contribution in [0.25, 0.3) is 11.1 Å². The van der Waals surface area contributed by atoms with Crippen LogP contribution in [0.1, 0.15) is 30.4 Å². The second-order valence-corrected chi connectivity index (χ2v) is 5.39. The molecule has 0 saturated carbocycles. The Hall–Kier alpha value is -2.33. The molecular formula is C18H19NO3. The molecule has 1 aliphatic carbocycles. The van der Waals surface area contributed by atoms with Gasteiger partial charge in [0.25, 0.3) is 0 Å². The number of amides is 1. The fourth-order valence-electron chi connectivity index (χ4n) is 2.88. The van der Waals surface area contributed by atoms with Gasteiger partial charge in [-0.25, -0.2) is 4.79 Å². The lowest BCUT2D eigenvalue weighted by Gasteiger charge is -2.16. The van der Waals surface area contributed by atoms with Gasteiger partial charge >= 0.3 is 6.09 Å². The fourth-order valence-corrected chi connectivity index (χ4v) is 2.88. The smallest absolute Gasteiger partial charge is 0.409 e. The molecular weight excluding hydrogens is 278 g/mol. The number of benzene rings is 2. The predicted octanol–water partition coefficient (Wildman–Crippen LogP) is 3.25. The summed E-state index contributed by atoms with van der Waals surface area (Å²) in [7, 11) is 0. The molecule has 0 fully saturated rings. The van der Waals surface area contributed by atoms with Crippen molar-refractivity contribution in [1.82, 2.24) is 5.32 Å². The Labute approximate surface area is 129 Å². The third-order valence-electron chi connectivity index (χ3n) is 4.01. The Morgan fingerprint density at radius 2 is 1.68 bits per heavy atom. The maximum atomic E-state index is 11.7. The highest BCUT2D eigenvalue weighted by Gasteiger charge is 2.29. The van der Waals surface area contributed by atoms with Crippen molar-refractivity contribution < 1.29 is 14.6 Å². The van der Waals surface area contributed by atoms with Crippen LogP contribution in [-0.2, 0) is 4.74 Å². The van der Waals surface area contributed by atoms with Crippen LogP contribution in [0.4, 0.5) is 4.79 Å². The Kier molecular flexibility index (Phi) is 4.11. The van der Waals surface area contributed by atoms with Gasteiger partial charge in [0.2, 0.25) is 0 Å². The second kappa shape index (κ2) is 6.20. The first-order chi connectivity index (χ1) is 10.7. The summed E-state index contributed by atoms with van der Waals surface area (Å²) in [5.74, 6) is 0.0388. The number of aliphatic hydroxyl groups excluding tert-OH is 1. The van der Waals surface area contributed by atoms with Crippen LogP contribution in [0.15, 0.2) is 48.5 Å². The molecule has 0 heterocycles. The van der Waals surface area contributed by atoms with Gasteiger partial charge in [0.15, 0.2) is 0 Å². The van der Waals surface area contributed by atoms with Gasteiger partial charge < -0.3 is 9.84 Å². The first-order valence-corrected chi connectivity index (χ1v) is 7.50. The second-order valence-electron chi connectivity index (χ2n) is 5.39. The van der Waals surface area contributed by atoms with E-state index in [4.69, 9.17) is 4.74 Å². The van der Waals surface area contributed by atoms with E-state index in [1.165, 1.54) is 22.3 Å². The molecule has 4 nitrogen and oxygen atoms in total. The molecule has 0 bridgehead atoms. The van der Waals surface area contributed by atoms with E-state index in [-0.39, 0.29) is 12.5 Å². The summed E-state index contributed by atoms with van der Waals surface area (Å²) in [6.45, 7) is 2.05. The van der Waals surface area contributed by atoms with Crippen LogP contribution in [0.3, 0.4) is 0 Å². The average molecular weight is 297 g/mol. The molecule has 0 aromatic heterocycles. The first kappa shape index (κ1) is 14.6. The van der Waals surface area contributed by atoms with Gasteiger partial charge in [-0.05, 0) is 28.7 Å².